The first kappa shape index (κ1) is 15.0. The monoisotopic (exact) mass is 281 g/mol. The van der Waals surface area contributed by atoms with Crippen LogP contribution in [0.5, 0.6) is 0 Å². The number of allylic oxidation sites excluding steroid dienone is 3. The Morgan fingerprint density at radius 3 is 2.71 bits per heavy atom. The van der Waals surface area contributed by atoms with E-state index in [1.165, 1.54) is 6.07 Å². The Morgan fingerprint density at radius 2 is 2.05 bits per heavy atom. The number of hydrogen-bond acceptors (Lipinski definition) is 0. The molecule has 1 aromatic heterocycles. The first-order valence-corrected chi connectivity index (χ1v) is 7.06. The highest BCUT2D eigenvalue weighted by Crippen LogP contribution is 2.18. The second-order valence-electron chi connectivity index (χ2n) is 4.87. The van der Waals surface area contributed by atoms with Gasteiger partial charge in [-0.05, 0) is 31.9 Å². The average molecular weight is 281 g/mol. The Kier molecular flexibility index (Phi) is 4.94. The van der Waals surface area contributed by atoms with Gasteiger partial charge in [0.25, 0.3) is 0 Å². The summed E-state index contributed by atoms with van der Waals surface area (Å²) in [7, 11) is 0. The van der Waals surface area contributed by atoms with Gasteiger partial charge in [0.05, 0.1) is 0 Å². The van der Waals surface area contributed by atoms with E-state index in [1.54, 1.807) is 18.2 Å². The highest BCUT2D eigenvalue weighted by molar-refractivity contribution is 5.70. The second kappa shape index (κ2) is 6.89. The maximum Gasteiger partial charge on any atom is 0.131 e. The largest absolute Gasteiger partial charge is 0.361 e. The van der Waals surface area contributed by atoms with E-state index >= 15 is 0 Å². The second-order valence-corrected chi connectivity index (χ2v) is 4.87. The molecule has 1 heterocycles. The van der Waals surface area contributed by atoms with E-state index in [9.17, 15) is 4.39 Å². The summed E-state index contributed by atoms with van der Waals surface area (Å²) in [6.07, 6.45) is 10.7. The summed E-state index contributed by atoms with van der Waals surface area (Å²) in [6, 6.07) is 6.84. The van der Waals surface area contributed by atoms with Crippen LogP contribution in [0, 0.1) is 5.82 Å². The zero-order valence-electron chi connectivity index (χ0n) is 12.5. The molecule has 0 atom stereocenters. The lowest BCUT2D eigenvalue weighted by atomic mass is 10.0. The summed E-state index contributed by atoms with van der Waals surface area (Å²) in [5, 5.41) is 2.02. The lowest BCUT2D eigenvalue weighted by molar-refractivity contribution is 0.631. The lowest BCUT2D eigenvalue weighted by Gasteiger charge is -2.01. The smallest absolute Gasteiger partial charge is 0.131 e. The molecule has 2 rings (SSSR count). The fourth-order valence-corrected chi connectivity index (χ4v) is 2.34. The van der Waals surface area contributed by atoms with Gasteiger partial charge in [-0.15, -0.1) is 0 Å². The van der Waals surface area contributed by atoms with Gasteiger partial charge in [-0.1, -0.05) is 49.1 Å². The molecule has 2 heteroatoms. The SMILES string of the molecule is C=C/C(C)=c1\c(-c2ccccc2F)c[nH]\c1=C\C/C=C\C. The molecule has 1 nitrogen and oxygen atoms in total. The average Bonchev–Trinajstić information content (AvgIpc) is 2.91. The number of benzene rings is 1. The maximum absolute atomic E-state index is 14.1. The number of hydrogen-bond donors (Lipinski definition) is 1. The normalized spacial score (nSPS) is 13.8. The molecule has 0 saturated carbocycles. The van der Waals surface area contributed by atoms with E-state index < -0.39 is 0 Å². The van der Waals surface area contributed by atoms with Gasteiger partial charge in [-0.3, -0.25) is 0 Å². The van der Waals surface area contributed by atoms with Gasteiger partial charge in [-0.2, -0.15) is 0 Å². The first-order valence-electron chi connectivity index (χ1n) is 7.06. The molecule has 2 aromatic rings. The number of rotatable bonds is 4. The van der Waals surface area contributed by atoms with Gasteiger partial charge in [0.1, 0.15) is 5.82 Å². The summed E-state index contributed by atoms with van der Waals surface area (Å²) in [5.74, 6) is -0.213. The van der Waals surface area contributed by atoms with Crippen molar-refractivity contribution < 1.29 is 4.39 Å². The fourth-order valence-electron chi connectivity index (χ4n) is 2.34. The van der Waals surface area contributed by atoms with E-state index in [1.807, 2.05) is 32.2 Å². The molecule has 1 N–H and O–H groups in total. The number of aromatic nitrogens is 1. The van der Waals surface area contributed by atoms with Crippen molar-refractivity contribution in [1.29, 1.82) is 0 Å². The molecule has 0 amide bonds. The molecule has 1 aromatic carbocycles. The number of H-pyrrole nitrogens is 1. The van der Waals surface area contributed by atoms with Crippen molar-refractivity contribution in [3.63, 3.8) is 0 Å². The number of nitrogens with one attached hydrogen (secondary N) is 1. The lowest BCUT2D eigenvalue weighted by Crippen LogP contribution is -2.25. The third-order valence-corrected chi connectivity index (χ3v) is 3.47. The molecule has 0 aliphatic rings. The van der Waals surface area contributed by atoms with Crippen LogP contribution in [0.4, 0.5) is 4.39 Å². The van der Waals surface area contributed by atoms with E-state index in [2.05, 4.69) is 23.7 Å². The van der Waals surface area contributed by atoms with Crippen LogP contribution in [0.1, 0.15) is 20.3 Å². The minimum Gasteiger partial charge on any atom is -0.361 e. The summed E-state index contributed by atoms with van der Waals surface area (Å²) in [6.45, 7) is 7.83. The summed E-state index contributed by atoms with van der Waals surface area (Å²) >= 11 is 0. The van der Waals surface area contributed by atoms with E-state index in [4.69, 9.17) is 0 Å². The summed E-state index contributed by atoms with van der Waals surface area (Å²) in [4.78, 5) is 3.25. The van der Waals surface area contributed by atoms with E-state index in [-0.39, 0.29) is 5.82 Å². The van der Waals surface area contributed by atoms with Crippen LogP contribution in [-0.4, -0.2) is 4.98 Å². The predicted molar refractivity (Wildman–Crippen MR) is 88.6 cm³/mol. The number of aromatic amines is 1. The standard InChI is InChI=1S/C19H20FN/c1-4-6-7-12-18-19(14(3)5-2)16(13-21-18)15-10-8-9-11-17(15)20/h4-6,8-13,21H,2,7H2,1,3H3/b6-4-,18-12+,19-14+. The van der Waals surface area contributed by atoms with Crippen molar-refractivity contribution >= 4 is 11.6 Å². The van der Waals surface area contributed by atoms with Gasteiger partial charge < -0.3 is 4.98 Å². The summed E-state index contributed by atoms with van der Waals surface area (Å²) in [5.41, 5.74) is 2.51. The third kappa shape index (κ3) is 3.22. The van der Waals surface area contributed by atoms with Crippen LogP contribution < -0.4 is 10.6 Å². The highest BCUT2D eigenvalue weighted by atomic mass is 19.1. The number of halogens is 1. The van der Waals surface area contributed by atoms with Crippen LogP contribution in [-0.2, 0) is 0 Å². The fraction of sp³-hybridized carbons (Fsp3) is 0.158. The van der Waals surface area contributed by atoms with Crippen molar-refractivity contribution in [3.8, 4) is 11.1 Å². The Bertz CT molecular complexity index is 778. The van der Waals surface area contributed by atoms with Crippen molar-refractivity contribution in [2.24, 2.45) is 0 Å². The van der Waals surface area contributed by atoms with Crippen molar-refractivity contribution in [2.45, 2.75) is 20.3 Å². The molecular formula is C19H20FN. The molecule has 0 bridgehead atoms. The molecule has 0 aliphatic heterocycles. The topological polar surface area (TPSA) is 15.8 Å². The van der Waals surface area contributed by atoms with Gasteiger partial charge >= 0.3 is 0 Å². The van der Waals surface area contributed by atoms with Crippen LogP contribution in [0.3, 0.4) is 0 Å². The zero-order chi connectivity index (χ0) is 15.2. The van der Waals surface area contributed by atoms with E-state index in [0.29, 0.717) is 5.56 Å². The van der Waals surface area contributed by atoms with Crippen molar-refractivity contribution in [2.75, 3.05) is 0 Å². The Balaban J connectivity index is 2.73. The van der Waals surface area contributed by atoms with Crippen LogP contribution in [0.25, 0.3) is 22.8 Å². The molecule has 0 saturated heterocycles. The van der Waals surface area contributed by atoms with Crippen molar-refractivity contribution in [1.82, 2.24) is 4.98 Å². The third-order valence-electron chi connectivity index (χ3n) is 3.47. The summed E-state index contributed by atoms with van der Waals surface area (Å²) < 4.78 is 14.1. The van der Waals surface area contributed by atoms with Crippen molar-refractivity contribution in [3.05, 3.63) is 71.7 Å². The highest BCUT2D eigenvalue weighted by Gasteiger charge is 2.08. The van der Waals surface area contributed by atoms with Gasteiger partial charge in [0, 0.05) is 27.9 Å². The molecule has 0 spiro atoms. The zero-order valence-corrected chi connectivity index (χ0v) is 12.5. The van der Waals surface area contributed by atoms with Gasteiger partial charge in [0.15, 0.2) is 0 Å². The molecule has 0 radical (unpaired) electrons. The first-order chi connectivity index (χ1) is 10.2. The predicted octanol–water partition coefficient (Wildman–Crippen LogP) is 3.92. The quantitative estimate of drug-likeness (QED) is 0.817. The molecular weight excluding hydrogens is 261 g/mol. The van der Waals surface area contributed by atoms with Gasteiger partial charge in [-0.25, -0.2) is 4.39 Å². The van der Waals surface area contributed by atoms with Crippen LogP contribution in [0.2, 0.25) is 0 Å². The molecule has 0 unspecified atom stereocenters. The van der Waals surface area contributed by atoms with E-state index in [0.717, 1.165) is 28.1 Å². The van der Waals surface area contributed by atoms with Crippen LogP contribution >= 0.6 is 0 Å². The Hall–Kier alpha value is -2.35. The molecule has 0 fully saturated rings. The molecule has 21 heavy (non-hydrogen) atoms. The van der Waals surface area contributed by atoms with Crippen LogP contribution in [0.15, 0.2) is 55.3 Å². The minimum atomic E-state index is -0.213. The minimum absolute atomic E-state index is 0.213. The maximum atomic E-state index is 14.1. The Labute approximate surface area is 124 Å². The molecule has 0 aliphatic carbocycles. The Morgan fingerprint density at radius 1 is 1.29 bits per heavy atom. The molecule has 108 valence electrons. The van der Waals surface area contributed by atoms with Gasteiger partial charge in [0.2, 0.25) is 0 Å².